The summed E-state index contributed by atoms with van der Waals surface area (Å²) in [6, 6.07) is 9.37. The van der Waals surface area contributed by atoms with E-state index < -0.39 is 5.97 Å². The molecule has 0 unspecified atom stereocenters. The zero-order valence-corrected chi connectivity index (χ0v) is 8.31. The number of carboxylic acids is 1. The molecule has 0 atom stereocenters. The monoisotopic (exact) mass is 220 g/mol. The number of rotatable bonds is 3. The summed E-state index contributed by atoms with van der Waals surface area (Å²) in [5.74, 6) is -0.868. The summed E-state index contributed by atoms with van der Waals surface area (Å²) < 4.78 is 17.9. The first-order valence-corrected chi connectivity index (χ1v) is 4.69. The number of benzene rings is 2. The molecule has 3 nitrogen and oxygen atoms in total. The Morgan fingerprint density at radius 1 is 1.19 bits per heavy atom. The fourth-order valence-corrected chi connectivity index (χ4v) is 1.43. The fourth-order valence-electron chi connectivity index (χ4n) is 1.43. The Bertz CT molecular complexity index is 537. The van der Waals surface area contributed by atoms with Crippen LogP contribution in [0.25, 0.3) is 10.8 Å². The Hall–Kier alpha value is -2.10. The van der Waals surface area contributed by atoms with E-state index in [1.807, 2.05) is 0 Å². The molecule has 0 aromatic heterocycles. The van der Waals surface area contributed by atoms with Crippen LogP contribution in [0.4, 0.5) is 4.39 Å². The van der Waals surface area contributed by atoms with Crippen molar-refractivity contribution in [1.82, 2.24) is 0 Å². The molecule has 0 amide bonds. The largest absolute Gasteiger partial charge is 0.482 e. The van der Waals surface area contributed by atoms with Gasteiger partial charge in [-0.05, 0) is 35.0 Å². The van der Waals surface area contributed by atoms with Gasteiger partial charge in [-0.1, -0.05) is 12.1 Å². The lowest BCUT2D eigenvalue weighted by Crippen LogP contribution is -2.09. The Morgan fingerprint density at radius 2 is 1.88 bits per heavy atom. The van der Waals surface area contributed by atoms with Gasteiger partial charge in [-0.3, -0.25) is 0 Å². The van der Waals surface area contributed by atoms with Crippen LogP contribution >= 0.6 is 0 Å². The van der Waals surface area contributed by atoms with E-state index in [9.17, 15) is 9.18 Å². The number of hydrogen-bond acceptors (Lipinski definition) is 2. The second kappa shape index (κ2) is 4.18. The average molecular weight is 220 g/mol. The Morgan fingerprint density at radius 3 is 2.62 bits per heavy atom. The molecule has 0 saturated carbocycles. The van der Waals surface area contributed by atoms with Gasteiger partial charge in [0, 0.05) is 0 Å². The van der Waals surface area contributed by atoms with Crippen molar-refractivity contribution in [3.63, 3.8) is 0 Å². The first-order chi connectivity index (χ1) is 7.65. The highest BCUT2D eigenvalue weighted by atomic mass is 19.1. The third-order valence-corrected chi connectivity index (χ3v) is 2.14. The van der Waals surface area contributed by atoms with Gasteiger partial charge < -0.3 is 9.84 Å². The molecular weight excluding hydrogens is 211 g/mol. The summed E-state index contributed by atoms with van der Waals surface area (Å²) in [7, 11) is 0. The number of hydrogen-bond donors (Lipinski definition) is 1. The highest BCUT2D eigenvalue weighted by molar-refractivity contribution is 5.84. The average Bonchev–Trinajstić information content (AvgIpc) is 2.26. The number of carbonyl (C=O) groups is 1. The zero-order valence-electron chi connectivity index (χ0n) is 8.31. The lowest BCUT2D eigenvalue weighted by Gasteiger charge is -2.04. The second-order valence-corrected chi connectivity index (χ2v) is 3.34. The van der Waals surface area contributed by atoms with Gasteiger partial charge >= 0.3 is 5.97 Å². The van der Waals surface area contributed by atoms with Gasteiger partial charge in [0.2, 0.25) is 0 Å². The highest BCUT2D eigenvalue weighted by Crippen LogP contribution is 2.21. The van der Waals surface area contributed by atoms with Gasteiger partial charge in [0.05, 0.1) is 0 Å². The van der Waals surface area contributed by atoms with Crippen LogP contribution in [-0.2, 0) is 4.79 Å². The molecule has 0 aliphatic rings. The molecule has 0 heterocycles. The van der Waals surface area contributed by atoms with Crippen LogP contribution in [0.5, 0.6) is 5.75 Å². The van der Waals surface area contributed by atoms with E-state index in [4.69, 9.17) is 9.84 Å². The van der Waals surface area contributed by atoms with Crippen molar-refractivity contribution in [2.45, 2.75) is 0 Å². The molecule has 0 radical (unpaired) electrons. The maximum absolute atomic E-state index is 12.9. The molecule has 2 aromatic rings. The molecule has 0 spiro atoms. The summed E-state index contributed by atoms with van der Waals surface area (Å²) in [6.45, 7) is -0.382. The topological polar surface area (TPSA) is 46.5 Å². The van der Waals surface area contributed by atoms with Crippen LogP contribution in [0.3, 0.4) is 0 Å². The van der Waals surface area contributed by atoms with E-state index in [1.54, 1.807) is 24.3 Å². The van der Waals surface area contributed by atoms with Gasteiger partial charge in [-0.2, -0.15) is 0 Å². The summed E-state index contributed by atoms with van der Waals surface area (Å²) in [6.07, 6.45) is 0. The Kier molecular flexibility index (Phi) is 2.72. The van der Waals surface area contributed by atoms with Crippen LogP contribution in [0, 0.1) is 5.82 Å². The van der Waals surface area contributed by atoms with Gasteiger partial charge in [0.1, 0.15) is 11.6 Å². The maximum Gasteiger partial charge on any atom is 0.341 e. The molecule has 0 aliphatic carbocycles. The number of carboxylic acid groups (broad SMARTS) is 1. The maximum atomic E-state index is 12.9. The predicted molar refractivity (Wildman–Crippen MR) is 57.0 cm³/mol. The smallest absolute Gasteiger partial charge is 0.341 e. The van der Waals surface area contributed by atoms with Crippen LogP contribution in [0.1, 0.15) is 0 Å². The predicted octanol–water partition coefficient (Wildman–Crippen LogP) is 2.44. The molecule has 0 fully saturated rings. The zero-order chi connectivity index (χ0) is 11.5. The number of aliphatic carboxylic acids is 1. The van der Waals surface area contributed by atoms with Crippen LogP contribution in [0.2, 0.25) is 0 Å². The SMILES string of the molecule is O=C(O)COc1ccc2cc(F)ccc2c1. The normalized spacial score (nSPS) is 10.3. The van der Waals surface area contributed by atoms with Gasteiger partial charge in [0.15, 0.2) is 6.61 Å². The van der Waals surface area contributed by atoms with Crippen molar-refractivity contribution in [3.05, 3.63) is 42.2 Å². The van der Waals surface area contributed by atoms with E-state index in [2.05, 4.69) is 0 Å². The lowest BCUT2D eigenvalue weighted by atomic mass is 10.1. The minimum Gasteiger partial charge on any atom is -0.482 e. The second-order valence-electron chi connectivity index (χ2n) is 3.34. The summed E-state index contributed by atoms with van der Waals surface area (Å²) in [4.78, 5) is 10.3. The van der Waals surface area contributed by atoms with Crippen molar-refractivity contribution < 1.29 is 19.0 Å². The third-order valence-electron chi connectivity index (χ3n) is 2.14. The molecule has 0 aliphatic heterocycles. The quantitative estimate of drug-likeness (QED) is 0.864. The minimum absolute atomic E-state index is 0.299. The molecular formula is C12H9FO3. The van der Waals surface area contributed by atoms with E-state index in [-0.39, 0.29) is 12.4 Å². The minimum atomic E-state index is -1.03. The third kappa shape index (κ3) is 2.28. The van der Waals surface area contributed by atoms with Crippen molar-refractivity contribution in [1.29, 1.82) is 0 Å². The van der Waals surface area contributed by atoms with Crippen molar-refractivity contribution in [2.24, 2.45) is 0 Å². The van der Waals surface area contributed by atoms with E-state index in [0.717, 1.165) is 10.8 Å². The van der Waals surface area contributed by atoms with E-state index in [1.165, 1.54) is 12.1 Å². The molecule has 2 rings (SSSR count). The van der Waals surface area contributed by atoms with E-state index >= 15 is 0 Å². The van der Waals surface area contributed by atoms with Crippen molar-refractivity contribution in [3.8, 4) is 5.75 Å². The van der Waals surface area contributed by atoms with Crippen LogP contribution < -0.4 is 4.74 Å². The first kappa shape index (κ1) is 10.4. The summed E-state index contributed by atoms with van der Waals surface area (Å²) in [5, 5.41) is 10.0. The first-order valence-electron chi connectivity index (χ1n) is 4.69. The highest BCUT2D eigenvalue weighted by Gasteiger charge is 2.01. The molecule has 2 aromatic carbocycles. The van der Waals surface area contributed by atoms with Gasteiger partial charge in [-0.25, -0.2) is 9.18 Å². The number of ether oxygens (including phenoxy) is 1. The molecule has 16 heavy (non-hydrogen) atoms. The summed E-state index contributed by atoms with van der Waals surface area (Å²) >= 11 is 0. The number of halogens is 1. The molecule has 0 bridgehead atoms. The van der Waals surface area contributed by atoms with Gasteiger partial charge in [0.25, 0.3) is 0 Å². The molecule has 0 saturated heterocycles. The van der Waals surface area contributed by atoms with Gasteiger partial charge in [-0.15, -0.1) is 0 Å². The van der Waals surface area contributed by atoms with E-state index in [0.29, 0.717) is 5.75 Å². The Balaban J connectivity index is 2.30. The summed E-state index contributed by atoms with van der Waals surface area (Å²) in [5.41, 5.74) is 0. The molecule has 82 valence electrons. The standard InChI is InChI=1S/C12H9FO3/c13-10-3-1-9-6-11(16-7-12(14)15)4-2-8(9)5-10/h1-6H,7H2,(H,14,15). The molecule has 4 heteroatoms. The Labute approximate surface area is 91.1 Å². The van der Waals surface area contributed by atoms with Crippen molar-refractivity contribution in [2.75, 3.05) is 6.61 Å². The molecule has 1 N–H and O–H groups in total. The van der Waals surface area contributed by atoms with Crippen LogP contribution in [-0.4, -0.2) is 17.7 Å². The fraction of sp³-hybridized carbons (Fsp3) is 0.0833. The number of fused-ring (bicyclic) bond motifs is 1. The van der Waals surface area contributed by atoms with Crippen LogP contribution in [0.15, 0.2) is 36.4 Å². The lowest BCUT2D eigenvalue weighted by molar-refractivity contribution is -0.139. The van der Waals surface area contributed by atoms with Crippen molar-refractivity contribution >= 4 is 16.7 Å².